The van der Waals surface area contributed by atoms with Crippen LogP contribution in [-0.4, -0.2) is 18.4 Å². The van der Waals surface area contributed by atoms with Gasteiger partial charge in [-0.05, 0) is 12.0 Å². The van der Waals surface area contributed by atoms with Crippen molar-refractivity contribution >= 4 is 0 Å². The van der Waals surface area contributed by atoms with Crippen molar-refractivity contribution in [2.24, 2.45) is 0 Å². The van der Waals surface area contributed by atoms with Crippen molar-refractivity contribution in [1.82, 2.24) is 0 Å². The summed E-state index contributed by atoms with van der Waals surface area (Å²) in [5.74, 6) is 0. The Labute approximate surface area is 79.6 Å². The van der Waals surface area contributed by atoms with Crippen LogP contribution in [0.2, 0.25) is 0 Å². The quantitative estimate of drug-likeness (QED) is 0.495. The normalized spacial score (nSPS) is 30.4. The monoisotopic (exact) mass is 202 g/mol. The second-order valence-electron chi connectivity index (χ2n) is 3.30. The molecule has 1 aliphatic carbocycles. The van der Waals surface area contributed by atoms with Crippen LogP contribution in [0.15, 0.2) is 36.0 Å². The Hall–Kier alpha value is -1.03. The fourth-order valence-electron chi connectivity index (χ4n) is 1.46. The van der Waals surface area contributed by atoms with Gasteiger partial charge in [-0.1, -0.05) is 24.3 Å². The highest BCUT2D eigenvalue weighted by molar-refractivity contribution is 5.32. The molecule has 0 aromatic heterocycles. The predicted molar refractivity (Wildman–Crippen MR) is 45.7 cm³/mol. The van der Waals surface area contributed by atoms with Gasteiger partial charge in [-0.2, -0.15) is 13.2 Å². The molecule has 2 atom stereocenters. The Bertz CT molecular complexity index is 312. The molecule has 2 aliphatic rings. The van der Waals surface area contributed by atoms with Crippen molar-refractivity contribution in [3.8, 4) is 0 Å². The number of alkyl halides is 3. The van der Waals surface area contributed by atoms with Gasteiger partial charge in [-0.25, -0.2) is 0 Å². The molecule has 1 heterocycles. The van der Waals surface area contributed by atoms with E-state index in [4.69, 9.17) is 4.74 Å². The molecule has 4 heteroatoms. The second kappa shape index (κ2) is 3.28. The van der Waals surface area contributed by atoms with Crippen molar-refractivity contribution in [2.45, 2.75) is 24.8 Å². The molecule has 1 fully saturated rings. The van der Waals surface area contributed by atoms with Gasteiger partial charge in [0.25, 0.3) is 0 Å². The molecule has 0 aromatic carbocycles. The van der Waals surface area contributed by atoms with E-state index in [9.17, 15) is 13.2 Å². The van der Waals surface area contributed by atoms with Crippen LogP contribution in [0.1, 0.15) is 6.42 Å². The third-order valence-corrected chi connectivity index (χ3v) is 2.16. The smallest absolute Gasteiger partial charge is 0.360 e. The van der Waals surface area contributed by atoms with Crippen LogP contribution in [0.5, 0.6) is 0 Å². The zero-order valence-electron chi connectivity index (χ0n) is 7.29. The third kappa shape index (κ3) is 2.26. The van der Waals surface area contributed by atoms with Crippen molar-refractivity contribution in [1.29, 1.82) is 0 Å². The standard InChI is InChI=1S/C10H9F3O/c11-10(12,13)6-2-4-7-3-1-5-8-9(7)14-8/h1-3,5-6,8-9H,4H2. The summed E-state index contributed by atoms with van der Waals surface area (Å²) in [7, 11) is 0. The van der Waals surface area contributed by atoms with Gasteiger partial charge in [0.1, 0.15) is 12.2 Å². The first-order valence-corrected chi connectivity index (χ1v) is 4.33. The van der Waals surface area contributed by atoms with Crippen molar-refractivity contribution in [3.63, 3.8) is 0 Å². The minimum absolute atomic E-state index is 0.0258. The number of epoxide rings is 1. The number of fused-ring (bicyclic) bond motifs is 1. The van der Waals surface area contributed by atoms with Gasteiger partial charge in [0.2, 0.25) is 0 Å². The van der Waals surface area contributed by atoms with Gasteiger partial charge < -0.3 is 4.74 Å². The SMILES string of the molecule is FC(F)(F)C=CCC1=CC=CC2OC12. The maximum absolute atomic E-state index is 11.8. The molecule has 2 unspecified atom stereocenters. The van der Waals surface area contributed by atoms with Crippen LogP contribution in [-0.2, 0) is 4.74 Å². The van der Waals surface area contributed by atoms with Gasteiger partial charge in [0.15, 0.2) is 0 Å². The summed E-state index contributed by atoms with van der Waals surface area (Å²) < 4.78 is 40.5. The van der Waals surface area contributed by atoms with E-state index in [0.717, 1.165) is 11.6 Å². The molecular weight excluding hydrogens is 193 g/mol. The lowest BCUT2D eigenvalue weighted by Crippen LogP contribution is -2.02. The van der Waals surface area contributed by atoms with E-state index in [1.165, 1.54) is 0 Å². The molecule has 2 rings (SSSR count). The van der Waals surface area contributed by atoms with Crippen molar-refractivity contribution in [3.05, 3.63) is 36.0 Å². The topological polar surface area (TPSA) is 12.5 Å². The summed E-state index contributed by atoms with van der Waals surface area (Å²) >= 11 is 0. The lowest BCUT2D eigenvalue weighted by molar-refractivity contribution is -0.0800. The van der Waals surface area contributed by atoms with Crippen LogP contribution >= 0.6 is 0 Å². The summed E-state index contributed by atoms with van der Waals surface area (Å²) in [6, 6.07) is 0. The van der Waals surface area contributed by atoms with E-state index in [1.807, 2.05) is 18.2 Å². The Kier molecular flexibility index (Phi) is 2.23. The van der Waals surface area contributed by atoms with Crippen LogP contribution < -0.4 is 0 Å². The minimum Gasteiger partial charge on any atom is -0.360 e. The van der Waals surface area contributed by atoms with Gasteiger partial charge >= 0.3 is 6.18 Å². The van der Waals surface area contributed by atoms with Crippen molar-refractivity contribution in [2.75, 3.05) is 0 Å². The molecule has 0 amide bonds. The Balaban J connectivity index is 1.90. The number of ether oxygens (including phenoxy) is 1. The van der Waals surface area contributed by atoms with Crippen LogP contribution in [0, 0.1) is 0 Å². The van der Waals surface area contributed by atoms with E-state index < -0.39 is 6.18 Å². The van der Waals surface area contributed by atoms with E-state index in [1.54, 1.807) is 0 Å². The fraction of sp³-hybridized carbons (Fsp3) is 0.400. The van der Waals surface area contributed by atoms with Gasteiger partial charge in [0, 0.05) is 6.08 Å². The highest BCUT2D eigenvalue weighted by Gasteiger charge is 2.40. The number of hydrogen-bond acceptors (Lipinski definition) is 1. The first kappa shape index (κ1) is 9.52. The summed E-state index contributed by atoms with van der Waals surface area (Å²) in [4.78, 5) is 0. The molecule has 0 bridgehead atoms. The summed E-state index contributed by atoms with van der Waals surface area (Å²) in [5, 5.41) is 0. The molecule has 0 saturated carbocycles. The number of allylic oxidation sites excluding steroid dienone is 4. The average Bonchev–Trinajstić information content (AvgIpc) is 2.81. The minimum atomic E-state index is -4.21. The molecule has 0 radical (unpaired) electrons. The molecule has 1 nitrogen and oxygen atoms in total. The third-order valence-electron chi connectivity index (χ3n) is 2.16. The lowest BCUT2D eigenvalue weighted by Gasteiger charge is -2.02. The molecule has 76 valence electrons. The number of rotatable bonds is 2. The molecule has 0 aromatic rings. The molecular formula is C10H9F3O. The maximum Gasteiger partial charge on any atom is 0.409 e. The fourth-order valence-corrected chi connectivity index (χ4v) is 1.46. The summed E-state index contributed by atoms with van der Waals surface area (Å²) in [6.07, 6.45) is 3.17. The molecule has 0 N–H and O–H groups in total. The van der Waals surface area contributed by atoms with Gasteiger partial charge in [-0.3, -0.25) is 0 Å². The first-order chi connectivity index (χ1) is 6.56. The zero-order chi connectivity index (χ0) is 10.2. The van der Waals surface area contributed by atoms with Crippen molar-refractivity contribution < 1.29 is 17.9 Å². The highest BCUT2D eigenvalue weighted by Crippen LogP contribution is 2.35. The molecule has 0 spiro atoms. The Morgan fingerprint density at radius 3 is 2.93 bits per heavy atom. The lowest BCUT2D eigenvalue weighted by atomic mass is 10.0. The van der Waals surface area contributed by atoms with Gasteiger partial charge in [-0.15, -0.1) is 0 Å². The van der Waals surface area contributed by atoms with Gasteiger partial charge in [0.05, 0.1) is 0 Å². The first-order valence-electron chi connectivity index (χ1n) is 4.33. The van der Waals surface area contributed by atoms with Crippen LogP contribution in [0.25, 0.3) is 0 Å². The second-order valence-corrected chi connectivity index (χ2v) is 3.30. The molecule has 1 aliphatic heterocycles. The van der Waals surface area contributed by atoms with Crippen LogP contribution in [0.3, 0.4) is 0 Å². The van der Waals surface area contributed by atoms with E-state index in [2.05, 4.69) is 0 Å². The van der Waals surface area contributed by atoms with E-state index >= 15 is 0 Å². The predicted octanol–water partition coefficient (Wildman–Crippen LogP) is 2.76. The Morgan fingerprint density at radius 2 is 2.21 bits per heavy atom. The largest absolute Gasteiger partial charge is 0.409 e. The van der Waals surface area contributed by atoms with E-state index in [0.29, 0.717) is 6.42 Å². The molecule has 1 saturated heterocycles. The number of hydrogen-bond donors (Lipinski definition) is 0. The average molecular weight is 202 g/mol. The molecule has 14 heavy (non-hydrogen) atoms. The van der Waals surface area contributed by atoms with Crippen LogP contribution in [0.4, 0.5) is 13.2 Å². The Morgan fingerprint density at radius 1 is 1.43 bits per heavy atom. The zero-order valence-corrected chi connectivity index (χ0v) is 7.29. The maximum atomic E-state index is 11.8. The van der Waals surface area contributed by atoms with E-state index in [-0.39, 0.29) is 18.3 Å². The number of halogens is 3. The highest BCUT2D eigenvalue weighted by atomic mass is 19.4. The summed E-state index contributed by atoms with van der Waals surface area (Å²) in [6.45, 7) is 0. The summed E-state index contributed by atoms with van der Waals surface area (Å²) in [5.41, 5.74) is 0.915.